The van der Waals surface area contributed by atoms with Gasteiger partial charge in [0, 0.05) is 6.20 Å². The highest BCUT2D eigenvalue weighted by molar-refractivity contribution is 5.87. The first kappa shape index (κ1) is 11.5. The highest BCUT2D eigenvalue weighted by atomic mass is 19.3. The largest absolute Gasteiger partial charge is 0.461 e. The lowest BCUT2D eigenvalue weighted by atomic mass is 10.4. The fourth-order valence-electron chi connectivity index (χ4n) is 0.984. The summed E-state index contributed by atoms with van der Waals surface area (Å²) in [5.74, 6) is -0.877. The molecule has 0 aliphatic carbocycles. The topological polar surface area (TPSA) is 44.1 Å². The van der Waals surface area contributed by atoms with Crippen LogP contribution in [0.1, 0.15) is 23.7 Å². The van der Waals surface area contributed by atoms with E-state index in [1.807, 2.05) is 0 Å². The Balaban J connectivity index is 2.91. The van der Waals surface area contributed by atoms with Crippen molar-refractivity contribution in [3.63, 3.8) is 0 Å². The SMILES string of the molecule is CCOC(=O)c1ccnn1C(F)C(F)F. The van der Waals surface area contributed by atoms with Crippen LogP contribution in [-0.2, 0) is 4.74 Å². The molecule has 7 heteroatoms. The van der Waals surface area contributed by atoms with Crippen LogP contribution in [0, 0.1) is 0 Å². The summed E-state index contributed by atoms with van der Waals surface area (Å²) in [6.45, 7) is 1.63. The molecule has 0 aliphatic heterocycles. The van der Waals surface area contributed by atoms with E-state index in [0.717, 1.165) is 12.3 Å². The van der Waals surface area contributed by atoms with Crippen molar-refractivity contribution >= 4 is 5.97 Å². The molecule has 0 spiro atoms. The Morgan fingerprint density at radius 3 is 2.80 bits per heavy atom. The predicted molar refractivity (Wildman–Crippen MR) is 44.3 cm³/mol. The lowest BCUT2D eigenvalue weighted by Crippen LogP contribution is -2.20. The quantitative estimate of drug-likeness (QED) is 0.729. The third-order valence-corrected chi connectivity index (χ3v) is 1.60. The summed E-state index contributed by atoms with van der Waals surface area (Å²) in [5.41, 5.74) is -0.329. The first-order valence-corrected chi connectivity index (χ1v) is 4.20. The summed E-state index contributed by atoms with van der Waals surface area (Å²) < 4.78 is 41.8. The molecule has 1 aromatic rings. The van der Waals surface area contributed by atoms with E-state index in [1.54, 1.807) is 6.92 Å². The van der Waals surface area contributed by atoms with E-state index in [9.17, 15) is 18.0 Å². The molecule has 1 aromatic heterocycles. The van der Waals surface area contributed by atoms with Gasteiger partial charge in [-0.3, -0.25) is 0 Å². The lowest BCUT2D eigenvalue weighted by molar-refractivity contribution is -0.00257. The van der Waals surface area contributed by atoms with Gasteiger partial charge in [0.25, 0.3) is 12.7 Å². The Morgan fingerprint density at radius 1 is 1.60 bits per heavy atom. The van der Waals surface area contributed by atoms with Crippen molar-refractivity contribution in [3.8, 4) is 0 Å². The maximum Gasteiger partial charge on any atom is 0.356 e. The lowest BCUT2D eigenvalue weighted by Gasteiger charge is -2.10. The first-order chi connectivity index (χ1) is 7.07. The molecule has 0 fully saturated rings. The van der Waals surface area contributed by atoms with E-state index in [0.29, 0.717) is 4.68 Å². The second-order valence-corrected chi connectivity index (χ2v) is 2.59. The number of carbonyl (C=O) groups is 1. The van der Waals surface area contributed by atoms with Crippen molar-refractivity contribution in [2.75, 3.05) is 6.61 Å². The monoisotopic (exact) mass is 222 g/mol. The van der Waals surface area contributed by atoms with Gasteiger partial charge < -0.3 is 4.74 Å². The smallest absolute Gasteiger partial charge is 0.356 e. The Kier molecular flexibility index (Phi) is 3.70. The van der Waals surface area contributed by atoms with Gasteiger partial charge in [-0.15, -0.1) is 0 Å². The Labute approximate surface area is 83.6 Å². The van der Waals surface area contributed by atoms with Gasteiger partial charge in [-0.2, -0.15) is 5.10 Å². The number of aromatic nitrogens is 2. The van der Waals surface area contributed by atoms with E-state index in [1.165, 1.54) is 0 Å². The zero-order valence-corrected chi connectivity index (χ0v) is 7.86. The number of rotatable bonds is 4. The molecule has 0 radical (unpaired) electrons. The molecule has 1 unspecified atom stereocenters. The molecule has 1 atom stereocenters. The average Bonchev–Trinajstić information content (AvgIpc) is 2.65. The van der Waals surface area contributed by atoms with Gasteiger partial charge >= 0.3 is 5.97 Å². The fraction of sp³-hybridized carbons (Fsp3) is 0.500. The standard InChI is InChI=1S/C8H9F3N2O2/c1-2-15-8(14)5-3-4-12-13(5)7(11)6(9)10/h3-4,6-7H,2H2,1H3. The molecule has 4 nitrogen and oxygen atoms in total. The van der Waals surface area contributed by atoms with Gasteiger partial charge in [0.1, 0.15) is 5.69 Å². The molecular weight excluding hydrogens is 213 g/mol. The second-order valence-electron chi connectivity index (χ2n) is 2.59. The van der Waals surface area contributed by atoms with Crippen LogP contribution in [0.5, 0.6) is 0 Å². The third kappa shape index (κ3) is 2.48. The van der Waals surface area contributed by atoms with E-state index >= 15 is 0 Å². The molecule has 1 heterocycles. The molecule has 1 rings (SSSR count). The second kappa shape index (κ2) is 4.81. The van der Waals surface area contributed by atoms with Gasteiger partial charge in [-0.05, 0) is 13.0 Å². The van der Waals surface area contributed by atoms with E-state index in [4.69, 9.17) is 0 Å². The number of nitrogens with zero attached hydrogens (tertiary/aromatic N) is 2. The summed E-state index contributed by atoms with van der Waals surface area (Å²) in [6, 6.07) is 1.12. The number of hydrogen-bond acceptors (Lipinski definition) is 3. The zero-order chi connectivity index (χ0) is 11.4. The molecule has 0 aliphatic rings. The highest BCUT2D eigenvalue weighted by Crippen LogP contribution is 2.19. The summed E-state index contributed by atoms with van der Waals surface area (Å²) >= 11 is 0. The first-order valence-electron chi connectivity index (χ1n) is 4.20. The van der Waals surface area contributed by atoms with Crippen LogP contribution in [0.3, 0.4) is 0 Å². The zero-order valence-electron chi connectivity index (χ0n) is 7.86. The summed E-state index contributed by atoms with van der Waals surface area (Å²) in [6.07, 6.45) is -4.82. The Bertz CT molecular complexity index is 340. The Hall–Kier alpha value is -1.53. The van der Waals surface area contributed by atoms with Crippen molar-refractivity contribution in [3.05, 3.63) is 18.0 Å². The van der Waals surface area contributed by atoms with Crippen molar-refractivity contribution in [1.29, 1.82) is 0 Å². The van der Waals surface area contributed by atoms with Crippen LogP contribution in [0.15, 0.2) is 12.3 Å². The summed E-state index contributed by atoms with van der Waals surface area (Å²) in [7, 11) is 0. The van der Waals surface area contributed by atoms with Gasteiger partial charge in [0.05, 0.1) is 6.61 Å². The van der Waals surface area contributed by atoms with Crippen LogP contribution in [0.2, 0.25) is 0 Å². The van der Waals surface area contributed by atoms with Crippen LogP contribution in [0.25, 0.3) is 0 Å². The van der Waals surface area contributed by atoms with Crippen LogP contribution in [0.4, 0.5) is 13.2 Å². The third-order valence-electron chi connectivity index (χ3n) is 1.60. The maximum atomic E-state index is 12.9. The average molecular weight is 222 g/mol. The number of halogens is 3. The Morgan fingerprint density at radius 2 is 2.27 bits per heavy atom. The van der Waals surface area contributed by atoms with Gasteiger partial charge in [0.15, 0.2) is 0 Å². The minimum absolute atomic E-state index is 0.0790. The normalized spacial score (nSPS) is 12.9. The van der Waals surface area contributed by atoms with E-state index in [-0.39, 0.29) is 12.3 Å². The number of carbonyl (C=O) groups excluding carboxylic acids is 1. The maximum absolute atomic E-state index is 12.9. The predicted octanol–water partition coefficient (Wildman–Crippen LogP) is 1.79. The molecule has 0 saturated heterocycles. The minimum atomic E-state index is -3.24. The fourth-order valence-corrected chi connectivity index (χ4v) is 0.984. The van der Waals surface area contributed by atoms with Gasteiger partial charge in [-0.25, -0.2) is 22.6 Å². The molecule has 0 aromatic carbocycles. The number of esters is 1. The molecule has 84 valence electrons. The summed E-state index contributed by atoms with van der Waals surface area (Å²) in [4.78, 5) is 11.2. The molecular formula is C8H9F3N2O2. The van der Waals surface area contributed by atoms with Crippen molar-refractivity contribution in [2.24, 2.45) is 0 Å². The minimum Gasteiger partial charge on any atom is -0.461 e. The van der Waals surface area contributed by atoms with Crippen LogP contribution in [-0.4, -0.2) is 28.8 Å². The van der Waals surface area contributed by atoms with Crippen molar-refractivity contribution < 1.29 is 22.7 Å². The molecule has 0 amide bonds. The summed E-state index contributed by atoms with van der Waals surface area (Å²) in [5, 5.41) is 3.30. The molecule has 0 bridgehead atoms. The molecule has 0 N–H and O–H groups in total. The van der Waals surface area contributed by atoms with Crippen LogP contribution < -0.4 is 0 Å². The number of hydrogen-bond donors (Lipinski definition) is 0. The van der Waals surface area contributed by atoms with E-state index in [2.05, 4.69) is 9.84 Å². The van der Waals surface area contributed by atoms with Gasteiger partial charge in [0.2, 0.25) is 0 Å². The number of ether oxygens (including phenoxy) is 1. The van der Waals surface area contributed by atoms with Crippen LogP contribution >= 0.6 is 0 Å². The number of alkyl halides is 3. The highest BCUT2D eigenvalue weighted by Gasteiger charge is 2.26. The molecule has 0 saturated carbocycles. The van der Waals surface area contributed by atoms with Crippen molar-refractivity contribution in [1.82, 2.24) is 9.78 Å². The van der Waals surface area contributed by atoms with Gasteiger partial charge in [-0.1, -0.05) is 0 Å². The van der Waals surface area contributed by atoms with Crippen molar-refractivity contribution in [2.45, 2.75) is 19.6 Å². The molecule has 15 heavy (non-hydrogen) atoms. The van der Waals surface area contributed by atoms with E-state index < -0.39 is 18.7 Å².